The first-order valence-electron chi connectivity index (χ1n) is 11.4. The number of aryl methyl sites for hydroxylation is 1. The monoisotopic (exact) mass is 412 g/mol. The molecule has 0 bridgehead atoms. The Kier molecular flexibility index (Phi) is 5.80. The maximum absolute atomic E-state index is 13.9. The van der Waals surface area contributed by atoms with Crippen molar-refractivity contribution in [2.24, 2.45) is 0 Å². The summed E-state index contributed by atoms with van der Waals surface area (Å²) in [5.74, 6) is 0.000342. The van der Waals surface area contributed by atoms with Crippen LogP contribution in [0.4, 0.5) is 0 Å². The van der Waals surface area contributed by atoms with Gasteiger partial charge in [0, 0.05) is 24.3 Å². The lowest BCUT2D eigenvalue weighted by molar-refractivity contribution is 0.0615. The Balaban J connectivity index is 1.92. The quantitative estimate of drug-likeness (QED) is 0.786. The van der Waals surface area contributed by atoms with E-state index in [9.17, 15) is 14.4 Å². The number of nitrogens with zero attached hydrogens (tertiary/aromatic N) is 3. The van der Waals surface area contributed by atoms with Crippen molar-refractivity contribution < 1.29 is 4.79 Å². The standard InChI is InChI=1S/C23H32N4O3/c1-4-12-26-20-19(21(28)25-23(26)30)17(13-18(24-20)14(2)3)22(29)27(16-10-11-16)15-8-6-5-7-9-15/h13-16H,4-12H2,1-3H3,(H,25,28,30). The maximum Gasteiger partial charge on any atom is 0.329 e. The van der Waals surface area contributed by atoms with Gasteiger partial charge in [-0.2, -0.15) is 0 Å². The van der Waals surface area contributed by atoms with Gasteiger partial charge in [-0.1, -0.05) is 40.0 Å². The molecule has 162 valence electrons. The number of fused-ring (bicyclic) bond motifs is 1. The lowest BCUT2D eigenvalue weighted by Crippen LogP contribution is -2.43. The third-order valence-electron chi connectivity index (χ3n) is 6.38. The maximum atomic E-state index is 13.9. The molecule has 2 saturated carbocycles. The Bertz CT molecular complexity index is 1060. The van der Waals surface area contributed by atoms with Crippen molar-refractivity contribution in [2.75, 3.05) is 0 Å². The average molecular weight is 413 g/mol. The van der Waals surface area contributed by atoms with Crippen LogP contribution in [0.15, 0.2) is 15.7 Å². The fourth-order valence-electron chi connectivity index (χ4n) is 4.67. The molecule has 2 aliphatic carbocycles. The zero-order valence-electron chi connectivity index (χ0n) is 18.2. The van der Waals surface area contributed by atoms with Crippen LogP contribution in [0.1, 0.15) is 94.1 Å². The second kappa shape index (κ2) is 8.36. The summed E-state index contributed by atoms with van der Waals surface area (Å²) in [4.78, 5) is 48.3. The van der Waals surface area contributed by atoms with Gasteiger partial charge in [0.25, 0.3) is 11.5 Å². The van der Waals surface area contributed by atoms with E-state index < -0.39 is 11.2 Å². The minimum absolute atomic E-state index is 0.0779. The zero-order chi connectivity index (χ0) is 21.4. The van der Waals surface area contributed by atoms with Crippen LogP contribution < -0.4 is 11.2 Å². The van der Waals surface area contributed by atoms with Crippen LogP contribution in [0.2, 0.25) is 0 Å². The summed E-state index contributed by atoms with van der Waals surface area (Å²) in [7, 11) is 0. The van der Waals surface area contributed by atoms with Gasteiger partial charge in [0.2, 0.25) is 0 Å². The Morgan fingerprint density at radius 1 is 1.17 bits per heavy atom. The molecule has 1 N–H and O–H groups in total. The van der Waals surface area contributed by atoms with Gasteiger partial charge in [0.1, 0.15) is 0 Å². The number of rotatable bonds is 6. The van der Waals surface area contributed by atoms with Crippen LogP contribution in [0.5, 0.6) is 0 Å². The van der Waals surface area contributed by atoms with Gasteiger partial charge in [-0.3, -0.25) is 19.1 Å². The van der Waals surface area contributed by atoms with Gasteiger partial charge in [0.05, 0.1) is 10.9 Å². The molecule has 0 unspecified atom stereocenters. The Morgan fingerprint density at radius 2 is 1.83 bits per heavy atom. The number of carbonyl (C=O) groups excluding carboxylic acids is 1. The molecule has 0 atom stereocenters. The van der Waals surface area contributed by atoms with Gasteiger partial charge >= 0.3 is 5.69 Å². The summed E-state index contributed by atoms with van der Waals surface area (Å²) in [5, 5.41) is 0.249. The molecule has 1 amide bonds. The normalized spacial score (nSPS) is 17.6. The van der Waals surface area contributed by atoms with Gasteiger partial charge in [-0.05, 0) is 44.1 Å². The van der Waals surface area contributed by atoms with E-state index in [2.05, 4.69) is 9.97 Å². The molecule has 2 heterocycles. The van der Waals surface area contributed by atoms with Crippen molar-refractivity contribution in [1.29, 1.82) is 0 Å². The van der Waals surface area contributed by atoms with Crippen molar-refractivity contribution in [3.63, 3.8) is 0 Å². The number of amides is 1. The van der Waals surface area contributed by atoms with Crippen LogP contribution in [0, 0.1) is 0 Å². The number of aromatic nitrogens is 3. The van der Waals surface area contributed by atoms with E-state index >= 15 is 0 Å². The Morgan fingerprint density at radius 3 is 2.43 bits per heavy atom. The number of hydrogen-bond acceptors (Lipinski definition) is 4. The van der Waals surface area contributed by atoms with E-state index in [1.54, 1.807) is 6.07 Å². The zero-order valence-corrected chi connectivity index (χ0v) is 18.2. The van der Waals surface area contributed by atoms with Crippen LogP contribution in [-0.2, 0) is 6.54 Å². The largest absolute Gasteiger partial charge is 0.333 e. The second-order valence-electron chi connectivity index (χ2n) is 9.09. The Hall–Kier alpha value is -2.44. The summed E-state index contributed by atoms with van der Waals surface area (Å²) in [6.07, 6.45) is 8.35. The van der Waals surface area contributed by atoms with Crippen LogP contribution in [-0.4, -0.2) is 37.4 Å². The van der Waals surface area contributed by atoms with E-state index in [1.165, 1.54) is 11.0 Å². The fraction of sp³-hybridized carbons (Fsp3) is 0.652. The SMILES string of the molecule is CCCn1c(=O)[nH]c(=O)c2c(C(=O)N(C3CCCCC3)C3CC3)cc(C(C)C)nc21. The molecule has 7 heteroatoms. The number of carbonyl (C=O) groups is 1. The molecule has 0 radical (unpaired) electrons. The first kappa shape index (κ1) is 20.8. The fourth-order valence-corrected chi connectivity index (χ4v) is 4.67. The molecule has 2 fully saturated rings. The second-order valence-corrected chi connectivity index (χ2v) is 9.09. The predicted octanol–water partition coefficient (Wildman–Crippen LogP) is 3.56. The van der Waals surface area contributed by atoms with Gasteiger partial charge in [0.15, 0.2) is 5.65 Å². The average Bonchev–Trinajstić information content (AvgIpc) is 3.56. The molecule has 2 aliphatic rings. The molecule has 0 aromatic carbocycles. The van der Waals surface area contributed by atoms with Gasteiger partial charge < -0.3 is 4.90 Å². The summed E-state index contributed by atoms with van der Waals surface area (Å²) >= 11 is 0. The highest BCUT2D eigenvalue weighted by Gasteiger charge is 2.39. The van der Waals surface area contributed by atoms with Crippen molar-refractivity contribution in [3.8, 4) is 0 Å². The molecule has 30 heavy (non-hydrogen) atoms. The predicted molar refractivity (Wildman–Crippen MR) is 117 cm³/mol. The number of aromatic amines is 1. The van der Waals surface area contributed by atoms with Crippen molar-refractivity contribution >= 4 is 16.9 Å². The van der Waals surface area contributed by atoms with Gasteiger partial charge in [-0.15, -0.1) is 0 Å². The third-order valence-corrected chi connectivity index (χ3v) is 6.38. The first-order valence-corrected chi connectivity index (χ1v) is 11.4. The molecule has 0 spiro atoms. The van der Waals surface area contributed by atoms with E-state index in [0.717, 1.165) is 50.6 Å². The Labute approximate surface area is 176 Å². The molecule has 0 aliphatic heterocycles. The van der Waals surface area contributed by atoms with Crippen LogP contribution in [0.25, 0.3) is 11.0 Å². The highest BCUT2D eigenvalue weighted by Crippen LogP contribution is 2.35. The molecule has 2 aromatic heterocycles. The topological polar surface area (TPSA) is 88.1 Å². The lowest BCUT2D eigenvalue weighted by Gasteiger charge is -2.35. The number of pyridine rings is 1. The lowest BCUT2D eigenvalue weighted by atomic mass is 9.93. The highest BCUT2D eigenvalue weighted by molar-refractivity contribution is 6.05. The molecule has 4 rings (SSSR count). The number of hydrogen-bond donors (Lipinski definition) is 1. The van der Waals surface area contributed by atoms with Gasteiger partial charge in [-0.25, -0.2) is 9.78 Å². The summed E-state index contributed by atoms with van der Waals surface area (Å²) in [6.45, 7) is 6.44. The van der Waals surface area contributed by atoms with E-state index in [-0.39, 0.29) is 29.3 Å². The minimum Gasteiger partial charge on any atom is -0.333 e. The molecular formula is C23H32N4O3. The molecule has 7 nitrogen and oxygen atoms in total. The number of nitrogens with one attached hydrogen (secondary N) is 1. The molecule has 0 saturated heterocycles. The van der Waals surface area contributed by atoms with E-state index in [4.69, 9.17) is 0 Å². The van der Waals surface area contributed by atoms with Crippen molar-refractivity contribution in [2.45, 2.75) is 96.7 Å². The smallest absolute Gasteiger partial charge is 0.329 e. The van der Waals surface area contributed by atoms with E-state index in [0.29, 0.717) is 17.8 Å². The first-order chi connectivity index (χ1) is 14.4. The van der Waals surface area contributed by atoms with Crippen molar-refractivity contribution in [3.05, 3.63) is 38.2 Å². The highest BCUT2D eigenvalue weighted by atomic mass is 16.2. The minimum atomic E-state index is -0.520. The number of H-pyrrole nitrogens is 1. The van der Waals surface area contributed by atoms with E-state index in [1.807, 2.05) is 25.7 Å². The summed E-state index contributed by atoms with van der Waals surface area (Å²) < 4.78 is 1.50. The summed E-state index contributed by atoms with van der Waals surface area (Å²) in [6, 6.07) is 2.29. The molecule has 2 aromatic rings. The third kappa shape index (κ3) is 3.82. The van der Waals surface area contributed by atoms with Crippen molar-refractivity contribution in [1.82, 2.24) is 19.4 Å². The van der Waals surface area contributed by atoms with Crippen LogP contribution in [0.3, 0.4) is 0 Å². The van der Waals surface area contributed by atoms with Crippen LogP contribution >= 0.6 is 0 Å². The molecular weight excluding hydrogens is 380 g/mol. The summed E-state index contributed by atoms with van der Waals surface area (Å²) in [5.41, 5.74) is 0.479.